The van der Waals surface area contributed by atoms with Crippen molar-refractivity contribution in [2.24, 2.45) is 5.92 Å². The molecule has 1 aliphatic rings. The highest BCUT2D eigenvalue weighted by Crippen LogP contribution is 2.16. The van der Waals surface area contributed by atoms with E-state index in [0.717, 1.165) is 26.1 Å². The summed E-state index contributed by atoms with van der Waals surface area (Å²) >= 11 is 0. The maximum absolute atomic E-state index is 9.80. The highest BCUT2D eigenvalue weighted by molar-refractivity contribution is 5.48. The maximum Gasteiger partial charge on any atom is 0.0693 e. The van der Waals surface area contributed by atoms with Crippen molar-refractivity contribution in [3.63, 3.8) is 0 Å². The summed E-state index contributed by atoms with van der Waals surface area (Å²) in [5.74, 6) is 0.448. The molecule has 1 aliphatic heterocycles. The molecule has 92 valence electrons. The highest BCUT2D eigenvalue weighted by Gasteiger charge is 2.22. The number of aliphatic hydroxyl groups is 1. The van der Waals surface area contributed by atoms with Crippen LogP contribution in [-0.4, -0.2) is 35.7 Å². The topological polar surface area (TPSA) is 23.5 Å². The lowest BCUT2D eigenvalue weighted by Crippen LogP contribution is -2.42. The molecule has 1 aromatic carbocycles. The third-order valence-electron chi connectivity index (χ3n) is 3.48. The van der Waals surface area contributed by atoms with E-state index < -0.39 is 0 Å². The molecule has 1 N–H and O–H groups in total. The molecule has 1 aromatic rings. The number of hydrogen-bond donors (Lipinski definition) is 1. The molecule has 17 heavy (non-hydrogen) atoms. The van der Waals surface area contributed by atoms with Gasteiger partial charge in [-0.1, -0.05) is 49.4 Å². The lowest BCUT2D eigenvalue weighted by Gasteiger charge is -2.33. The van der Waals surface area contributed by atoms with Crippen LogP contribution in [0.25, 0.3) is 6.08 Å². The molecule has 0 radical (unpaired) electrons. The molecule has 0 aliphatic carbocycles. The smallest absolute Gasteiger partial charge is 0.0693 e. The lowest BCUT2D eigenvalue weighted by atomic mass is 9.96. The monoisotopic (exact) mass is 231 g/mol. The van der Waals surface area contributed by atoms with Crippen molar-refractivity contribution in [3.8, 4) is 0 Å². The molecular weight excluding hydrogens is 210 g/mol. The van der Waals surface area contributed by atoms with Gasteiger partial charge in [0.1, 0.15) is 0 Å². The van der Waals surface area contributed by atoms with Gasteiger partial charge in [-0.2, -0.15) is 0 Å². The van der Waals surface area contributed by atoms with Gasteiger partial charge in [0.15, 0.2) is 0 Å². The largest absolute Gasteiger partial charge is 0.392 e. The Morgan fingerprint density at radius 1 is 1.35 bits per heavy atom. The number of nitrogens with zero attached hydrogens (tertiary/aromatic N) is 1. The third kappa shape index (κ3) is 3.69. The summed E-state index contributed by atoms with van der Waals surface area (Å²) in [5.41, 5.74) is 1.23. The van der Waals surface area contributed by atoms with Crippen molar-refractivity contribution in [2.45, 2.75) is 19.4 Å². The van der Waals surface area contributed by atoms with Gasteiger partial charge in [-0.25, -0.2) is 0 Å². The van der Waals surface area contributed by atoms with Crippen LogP contribution in [0.4, 0.5) is 0 Å². The number of hydrogen-bond acceptors (Lipinski definition) is 2. The molecule has 2 unspecified atom stereocenters. The first-order chi connectivity index (χ1) is 8.25. The van der Waals surface area contributed by atoms with Gasteiger partial charge >= 0.3 is 0 Å². The van der Waals surface area contributed by atoms with Crippen LogP contribution < -0.4 is 0 Å². The Balaban J connectivity index is 1.81. The first-order valence-corrected chi connectivity index (χ1v) is 6.38. The van der Waals surface area contributed by atoms with Crippen LogP contribution in [0.2, 0.25) is 0 Å². The van der Waals surface area contributed by atoms with Gasteiger partial charge in [0, 0.05) is 13.1 Å². The fourth-order valence-corrected chi connectivity index (χ4v) is 2.18. The van der Waals surface area contributed by atoms with E-state index in [1.165, 1.54) is 5.56 Å². The van der Waals surface area contributed by atoms with Gasteiger partial charge in [-0.3, -0.25) is 4.90 Å². The second kappa shape index (κ2) is 5.99. The van der Waals surface area contributed by atoms with E-state index in [9.17, 15) is 5.11 Å². The molecule has 2 heteroatoms. The minimum absolute atomic E-state index is 0.158. The van der Waals surface area contributed by atoms with Gasteiger partial charge in [-0.15, -0.1) is 0 Å². The molecule has 2 nitrogen and oxygen atoms in total. The second-order valence-electron chi connectivity index (χ2n) is 4.91. The Kier molecular flexibility index (Phi) is 4.35. The van der Waals surface area contributed by atoms with Crippen molar-refractivity contribution in [1.82, 2.24) is 4.90 Å². The Bertz CT molecular complexity index is 360. The quantitative estimate of drug-likeness (QED) is 0.863. The zero-order valence-corrected chi connectivity index (χ0v) is 10.4. The number of piperidine rings is 1. The Morgan fingerprint density at radius 3 is 2.82 bits per heavy atom. The predicted octanol–water partition coefficient (Wildman–Crippen LogP) is 2.40. The standard InChI is InChI=1S/C15H21NO/c1-13-9-11-16(12-15(13)17)10-5-8-14-6-3-2-4-7-14/h2-8,13,15,17H,9-12H2,1H3/b8-5+. The van der Waals surface area contributed by atoms with Crippen molar-refractivity contribution in [2.75, 3.05) is 19.6 Å². The summed E-state index contributed by atoms with van der Waals surface area (Å²) in [6, 6.07) is 10.3. The minimum Gasteiger partial charge on any atom is -0.392 e. The molecule has 1 fully saturated rings. The molecule has 1 saturated heterocycles. The molecule has 0 bridgehead atoms. The first kappa shape index (κ1) is 12.3. The fraction of sp³-hybridized carbons (Fsp3) is 0.467. The molecule has 0 aromatic heterocycles. The number of β-amino-alcohol motifs (C(OH)–C–C–N with tert-alkyl or cyclic N) is 1. The SMILES string of the molecule is CC1CCN(C/C=C/c2ccccc2)CC1O. The van der Waals surface area contributed by atoms with E-state index in [1.54, 1.807) is 0 Å². The molecule has 0 spiro atoms. The second-order valence-corrected chi connectivity index (χ2v) is 4.91. The normalized spacial score (nSPS) is 26.5. The number of benzene rings is 1. The Hall–Kier alpha value is -1.12. The van der Waals surface area contributed by atoms with Crippen LogP contribution in [0.5, 0.6) is 0 Å². The van der Waals surface area contributed by atoms with E-state index in [1.807, 2.05) is 18.2 Å². The molecule has 0 amide bonds. The minimum atomic E-state index is -0.158. The summed E-state index contributed by atoms with van der Waals surface area (Å²) in [6.07, 6.45) is 5.26. The van der Waals surface area contributed by atoms with E-state index in [4.69, 9.17) is 0 Å². The zero-order chi connectivity index (χ0) is 12.1. The van der Waals surface area contributed by atoms with Crippen LogP contribution >= 0.6 is 0 Å². The molecule has 2 atom stereocenters. The Labute approximate surface area is 104 Å². The molecule has 1 heterocycles. The van der Waals surface area contributed by atoms with Crippen molar-refractivity contribution < 1.29 is 5.11 Å². The predicted molar refractivity (Wildman–Crippen MR) is 71.7 cm³/mol. The summed E-state index contributed by atoms with van der Waals surface area (Å²) < 4.78 is 0. The van der Waals surface area contributed by atoms with Gasteiger partial charge in [-0.05, 0) is 24.4 Å². The average Bonchev–Trinajstić information content (AvgIpc) is 2.35. The summed E-state index contributed by atoms with van der Waals surface area (Å²) in [5, 5.41) is 9.80. The van der Waals surface area contributed by atoms with Crippen molar-refractivity contribution in [3.05, 3.63) is 42.0 Å². The first-order valence-electron chi connectivity index (χ1n) is 6.38. The van der Waals surface area contributed by atoms with E-state index in [2.05, 4.69) is 36.1 Å². The Morgan fingerprint density at radius 2 is 2.12 bits per heavy atom. The average molecular weight is 231 g/mol. The van der Waals surface area contributed by atoms with Gasteiger partial charge < -0.3 is 5.11 Å². The van der Waals surface area contributed by atoms with Crippen LogP contribution in [-0.2, 0) is 0 Å². The van der Waals surface area contributed by atoms with Crippen LogP contribution in [0.15, 0.2) is 36.4 Å². The van der Waals surface area contributed by atoms with Gasteiger partial charge in [0.25, 0.3) is 0 Å². The van der Waals surface area contributed by atoms with E-state index in [0.29, 0.717) is 5.92 Å². The fourth-order valence-electron chi connectivity index (χ4n) is 2.18. The van der Waals surface area contributed by atoms with Crippen molar-refractivity contribution in [1.29, 1.82) is 0 Å². The van der Waals surface area contributed by atoms with E-state index in [-0.39, 0.29) is 6.10 Å². The molecular formula is C15H21NO. The van der Waals surface area contributed by atoms with Crippen LogP contribution in [0.3, 0.4) is 0 Å². The number of rotatable bonds is 3. The van der Waals surface area contributed by atoms with Gasteiger partial charge in [0.05, 0.1) is 6.10 Å². The lowest BCUT2D eigenvalue weighted by molar-refractivity contribution is 0.0343. The summed E-state index contributed by atoms with van der Waals surface area (Å²) in [7, 11) is 0. The van der Waals surface area contributed by atoms with E-state index >= 15 is 0 Å². The van der Waals surface area contributed by atoms with Crippen LogP contribution in [0, 0.1) is 5.92 Å². The third-order valence-corrected chi connectivity index (χ3v) is 3.48. The van der Waals surface area contributed by atoms with Crippen molar-refractivity contribution >= 4 is 6.08 Å². The zero-order valence-electron chi connectivity index (χ0n) is 10.4. The number of likely N-dealkylation sites (tertiary alicyclic amines) is 1. The molecule has 0 saturated carbocycles. The van der Waals surface area contributed by atoms with Gasteiger partial charge in [0.2, 0.25) is 0 Å². The summed E-state index contributed by atoms with van der Waals surface area (Å²) in [4.78, 5) is 2.31. The highest BCUT2D eigenvalue weighted by atomic mass is 16.3. The number of aliphatic hydroxyl groups excluding tert-OH is 1. The molecule has 2 rings (SSSR count). The maximum atomic E-state index is 9.80. The summed E-state index contributed by atoms with van der Waals surface area (Å²) in [6.45, 7) is 4.96. The van der Waals surface area contributed by atoms with Crippen LogP contribution in [0.1, 0.15) is 18.9 Å².